The van der Waals surface area contributed by atoms with Crippen LogP contribution in [-0.2, 0) is 14.8 Å². The fourth-order valence-corrected chi connectivity index (χ4v) is 3.10. The zero-order valence-corrected chi connectivity index (χ0v) is 17.4. The molecule has 0 aliphatic carbocycles. The summed E-state index contributed by atoms with van der Waals surface area (Å²) in [7, 11) is -3.36. The van der Waals surface area contributed by atoms with Gasteiger partial charge < -0.3 is 15.4 Å². The van der Waals surface area contributed by atoms with E-state index >= 15 is 0 Å². The summed E-state index contributed by atoms with van der Waals surface area (Å²) in [6.07, 6.45) is 1.05. The van der Waals surface area contributed by atoms with Gasteiger partial charge >= 0.3 is 0 Å². The molecule has 2 aromatic rings. The summed E-state index contributed by atoms with van der Waals surface area (Å²) in [5, 5.41) is 5.35. The van der Waals surface area contributed by atoms with Crippen molar-refractivity contribution in [3.05, 3.63) is 59.2 Å². The zero-order valence-electron chi connectivity index (χ0n) is 16.6. The fourth-order valence-electron chi connectivity index (χ4n) is 2.54. The first-order valence-corrected chi connectivity index (χ1v) is 10.9. The standard InChI is InChI=1S/C20H25N3O5S/c1-14-4-9-18(15(2)12-14)28-13-19(24)21-10-11-22-20(25)16-5-7-17(8-6-16)23-29(3,26)27/h4-9,12,23H,10-11,13H2,1-3H3,(H,21,24)(H,22,25). The highest BCUT2D eigenvalue weighted by Crippen LogP contribution is 2.18. The van der Waals surface area contributed by atoms with Gasteiger partial charge in [0.2, 0.25) is 10.0 Å². The van der Waals surface area contributed by atoms with Crippen LogP contribution in [0, 0.1) is 13.8 Å². The Bertz CT molecular complexity index is 972. The van der Waals surface area contributed by atoms with Crippen molar-refractivity contribution in [1.29, 1.82) is 0 Å². The number of carbonyl (C=O) groups excluding carboxylic acids is 2. The van der Waals surface area contributed by atoms with Gasteiger partial charge in [0, 0.05) is 24.3 Å². The zero-order chi connectivity index (χ0) is 21.4. The third-order valence-corrected chi connectivity index (χ3v) is 4.48. The molecule has 0 bridgehead atoms. The molecule has 8 nitrogen and oxygen atoms in total. The fraction of sp³-hybridized carbons (Fsp3) is 0.300. The maximum atomic E-state index is 12.1. The minimum absolute atomic E-state index is 0.105. The predicted octanol–water partition coefficient (Wildman–Crippen LogP) is 1.60. The second-order valence-electron chi connectivity index (χ2n) is 6.62. The number of hydrogen-bond donors (Lipinski definition) is 3. The molecule has 0 saturated carbocycles. The maximum absolute atomic E-state index is 12.1. The second kappa shape index (κ2) is 9.92. The van der Waals surface area contributed by atoms with E-state index in [0.717, 1.165) is 17.4 Å². The van der Waals surface area contributed by atoms with Crippen LogP contribution in [0.2, 0.25) is 0 Å². The largest absolute Gasteiger partial charge is 0.484 e. The monoisotopic (exact) mass is 419 g/mol. The normalized spacial score (nSPS) is 10.9. The molecular formula is C20H25N3O5S. The number of anilines is 1. The topological polar surface area (TPSA) is 114 Å². The maximum Gasteiger partial charge on any atom is 0.258 e. The molecule has 0 aromatic heterocycles. The molecule has 3 N–H and O–H groups in total. The summed E-state index contributed by atoms with van der Waals surface area (Å²) in [6.45, 7) is 4.30. The number of sulfonamides is 1. The number of aryl methyl sites for hydroxylation is 2. The highest BCUT2D eigenvalue weighted by Gasteiger charge is 2.08. The smallest absolute Gasteiger partial charge is 0.258 e. The molecule has 0 saturated heterocycles. The molecule has 0 spiro atoms. The molecule has 0 atom stereocenters. The first-order chi connectivity index (χ1) is 13.6. The van der Waals surface area contributed by atoms with Gasteiger partial charge in [-0.2, -0.15) is 0 Å². The van der Waals surface area contributed by atoms with Crippen molar-refractivity contribution in [2.45, 2.75) is 13.8 Å². The summed E-state index contributed by atoms with van der Waals surface area (Å²) in [6, 6.07) is 11.8. The highest BCUT2D eigenvalue weighted by atomic mass is 32.2. The van der Waals surface area contributed by atoms with E-state index < -0.39 is 10.0 Å². The van der Waals surface area contributed by atoms with E-state index in [1.165, 1.54) is 24.3 Å². The lowest BCUT2D eigenvalue weighted by Crippen LogP contribution is -2.36. The van der Waals surface area contributed by atoms with Gasteiger partial charge in [0.1, 0.15) is 5.75 Å². The molecule has 0 radical (unpaired) electrons. The summed E-state index contributed by atoms with van der Waals surface area (Å²) in [4.78, 5) is 23.9. The quantitative estimate of drug-likeness (QED) is 0.534. The Morgan fingerprint density at radius 3 is 2.24 bits per heavy atom. The number of benzene rings is 2. The van der Waals surface area contributed by atoms with Crippen LogP contribution in [0.1, 0.15) is 21.5 Å². The molecule has 0 heterocycles. The van der Waals surface area contributed by atoms with Gasteiger partial charge in [-0.15, -0.1) is 0 Å². The van der Waals surface area contributed by atoms with E-state index in [2.05, 4.69) is 15.4 Å². The van der Waals surface area contributed by atoms with Crippen LogP contribution in [0.4, 0.5) is 5.69 Å². The Kier molecular flexibility index (Phi) is 7.60. The molecule has 29 heavy (non-hydrogen) atoms. The van der Waals surface area contributed by atoms with Gasteiger partial charge in [0.05, 0.1) is 6.26 Å². The van der Waals surface area contributed by atoms with E-state index in [0.29, 0.717) is 17.0 Å². The van der Waals surface area contributed by atoms with Crippen LogP contribution in [0.25, 0.3) is 0 Å². The minimum atomic E-state index is -3.36. The third kappa shape index (κ3) is 7.82. The van der Waals surface area contributed by atoms with Gasteiger partial charge in [-0.3, -0.25) is 14.3 Å². The number of rotatable bonds is 9. The molecular weight excluding hydrogens is 394 g/mol. The number of carbonyl (C=O) groups is 2. The molecule has 2 rings (SSSR count). The Hall–Kier alpha value is -3.07. The van der Waals surface area contributed by atoms with Crippen LogP contribution >= 0.6 is 0 Å². The van der Waals surface area contributed by atoms with Gasteiger partial charge in [-0.05, 0) is 49.7 Å². The number of amides is 2. The van der Waals surface area contributed by atoms with Crippen LogP contribution in [-0.4, -0.2) is 46.2 Å². The summed E-state index contributed by atoms with van der Waals surface area (Å²) in [5.41, 5.74) is 2.84. The number of nitrogens with one attached hydrogen (secondary N) is 3. The van der Waals surface area contributed by atoms with Crippen molar-refractivity contribution in [2.75, 3.05) is 30.7 Å². The van der Waals surface area contributed by atoms with E-state index in [-0.39, 0.29) is 31.5 Å². The summed E-state index contributed by atoms with van der Waals surface area (Å²) >= 11 is 0. The average Bonchev–Trinajstić information content (AvgIpc) is 2.63. The first-order valence-electron chi connectivity index (χ1n) is 8.97. The van der Waals surface area contributed by atoms with Crippen molar-refractivity contribution in [3.8, 4) is 5.75 Å². The number of hydrogen-bond acceptors (Lipinski definition) is 5. The third-order valence-electron chi connectivity index (χ3n) is 3.87. The highest BCUT2D eigenvalue weighted by molar-refractivity contribution is 7.92. The average molecular weight is 420 g/mol. The first kappa shape index (κ1) is 22.2. The molecule has 156 valence electrons. The molecule has 2 aromatic carbocycles. The van der Waals surface area contributed by atoms with Crippen LogP contribution < -0.4 is 20.1 Å². The lowest BCUT2D eigenvalue weighted by Gasteiger charge is -2.11. The van der Waals surface area contributed by atoms with Gasteiger partial charge in [-0.1, -0.05) is 17.7 Å². The minimum Gasteiger partial charge on any atom is -0.484 e. The molecule has 9 heteroatoms. The summed E-state index contributed by atoms with van der Waals surface area (Å²) in [5.74, 6) is 0.0555. The van der Waals surface area contributed by atoms with Crippen molar-refractivity contribution in [2.24, 2.45) is 0 Å². The van der Waals surface area contributed by atoms with Gasteiger partial charge in [0.25, 0.3) is 11.8 Å². The van der Waals surface area contributed by atoms with Crippen LogP contribution in [0.3, 0.4) is 0 Å². The van der Waals surface area contributed by atoms with E-state index in [1.54, 1.807) is 0 Å². The van der Waals surface area contributed by atoms with Crippen molar-refractivity contribution in [1.82, 2.24) is 10.6 Å². The molecule has 2 amide bonds. The Morgan fingerprint density at radius 1 is 0.966 bits per heavy atom. The Labute approximate surface area is 170 Å². The Morgan fingerprint density at radius 2 is 1.62 bits per heavy atom. The van der Waals surface area contributed by atoms with Crippen molar-refractivity contribution < 1.29 is 22.7 Å². The van der Waals surface area contributed by atoms with Gasteiger partial charge in [-0.25, -0.2) is 8.42 Å². The Balaban J connectivity index is 1.70. The summed E-state index contributed by atoms with van der Waals surface area (Å²) < 4.78 is 30.2. The van der Waals surface area contributed by atoms with E-state index in [1.807, 2.05) is 32.0 Å². The lowest BCUT2D eigenvalue weighted by molar-refractivity contribution is -0.123. The van der Waals surface area contributed by atoms with Crippen molar-refractivity contribution in [3.63, 3.8) is 0 Å². The molecule has 0 aliphatic heterocycles. The molecule has 0 fully saturated rings. The van der Waals surface area contributed by atoms with E-state index in [9.17, 15) is 18.0 Å². The van der Waals surface area contributed by atoms with E-state index in [4.69, 9.17) is 4.74 Å². The van der Waals surface area contributed by atoms with Crippen molar-refractivity contribution >= 4 is 27.5 Å². The molecule has 0 unspecified atom stereocenters. The van der Waals surface area contributed by atoms with Crippen LogP contribution in [0.15, 0.2) is 42.5 Å². The number of ether oxygens (including phenoxy) is 1. The molecule has 0 aliphatic rings. The van der Waals surface area contributed by atoms with Gasteiger partial charge in [0.15, 0.2) is 6.61 Å². The lowest BCUT2D eigenvalue weighted by atomic mass is 10.1. The second-order valence-corrected chi connectivity index (χ2v) is 8.36. The SMILES string of the molecule is Cc1ccc(OCC(=O)NCCNC(=O)c2ccc(NS(C)(=O)=O)cc2)c(C)c1. The predicted molar refractivity (Wildman–Crippen MR) is 112 cm³/mol. The van der Waals surface area contributed by atoms with Crippen LogP contribution in [0.5, 0.6) is 5.75 Å².